The van der Waals surface area contributed by atoms with Crippen LogP contribution in [0.4, 0.5) is 0 Å². The molecule has 0 saturated heterocycles. The summed E-state index contributed by atoms with van der Waals surface area (Å²) >= 11 is 0. The summed E-state index contributed by atoms with van der Waals surface area (Å²) in [4.78, 5) is 4.55. The molecule has 1 heterocycles. The second kappa shape index (κ2) is 10.4. The molecule has 0 amide bonds. The number of nitrogens with one attached hydrogen (secondary N) is 2. The molecule has 1 atom stereocenters. The number of hydrogen-bond donors (Lipinski definition) is 2. The fourth-order valence-corrected chi connectivity index (χ4v) is 2.39. The van der Waals surface area contributed by atoms with E-state index in [9.17, 15) is 0 Å². The maximum Gasteiger partial charge on any atom is 0.191 e. The molecule has 2 N–H and O–H groups in total. The first-order valence-electron chi connectivity index (χ1n) is 9.30. The number of methoxy groups -OCH3 is 1. The van der Waals surface area contributed by atoms with Crippen molar-refractivity contribution in [1.29, 1.82) is 0 Å². The van der Waals surface area contributed by atoms with Gasteiger partial charge in [0.05, 0.1) is 19.3 Å². The minimum atomic E-state index is -0.0667. The molecule has 0 aliphatic rings. The van der Waals surface area contributed by atoms with Gasteiger partial charge < -0.3 is 24.6 Å². The fourth-order valence-electron chi connectivity index (χ4n) is 2.39. The number of ether oxygens (including phenoxy) is 2. The van der Waals surface area contributed by atoms with Crippen LogP contribution in [0.3, 0.4) is 0 Å². The third-order valence-corrected chi connectivity index (χ3v) is 3.86. The lowest BCUT2D eigenvalue weighted by Gasteiger charge is -2.18. The number of aliphatic imine (C=N–C) groups is 1. The van der Waals surface area contributed by atoms with Crippen molar-refractivity contribution in [2.45, 2.75) is 46.3 Å². The lowest BCUT2D eigenvalue weighted by atomic mass is 10.1. The highest BCUT2D eigenvalue weighted by molar-refractivity contribution is 5.79. The first-order chi connectivity index (χ1) is 13.0. The summed E-state index contributed by atoms with van der Waals surface area (Å²) in [5, 5.41) is 10.6. The molecule has 27 heavy (non-hydrogen) atoms. The van der Waals surface area contributed by atoms with Crippen LogP contribution >= 0.6 is 0 Å². The van der Waals surface area contributed by atoms with E-state index in [-0.39, 0.29) is 6.10 Å². The summed E-state index contributed by atoms with van der Waals surface area (Å²) in [5.41, 5.74) is 0.942. The highest BCUT2D eigenvalue weighted by Crippen LogP contribution is 2.26. The predicted molar refractivity (Wildman–Crippen MR) is 106 cm³/mol. The van der Waals surface area contributed by atoms with Crippen molar-refractivity contribution in [2.24, 2.45) is 4.99 Å². The minimum absolute atomic E-state index is 0.0667. The van der Waals surface area contributed by atoms with E-state index in [1.807, 2.05) is 44.2 Å². The van der Waals surface area contributed by atoms with Gasteiger partial charge in [0.15, 0.2) is 23.2 Å². The molecule has 0 aliphatic carbocycles. The summed E-state index contributed by atoms with van der Waals surface area (Å²) < 4.78 is 16.6. The van der Waals surface area contributed by atoms with E-state index in [0.717, 1.165) is 29.5 Å². The molecule has 2 aromatic rings. The second-order valence-electron chi connectivity index (χ2n) is 6.53. The Bertz CT molecular complexity index is 728. The molecule has 0 radical (unpaired) electrons. The average molecular weight is 374 g/mol. The monoisotopic (exact) mass is 374 g/mol. The van der Waals surface area contributed by atoms with Crippen LogP contribution in [-0.2, 0) is 6.54 Å². The van der Waals surface area contributed by atoms with Crippen molar-refractivity contribution in [2.75, 3.05) is 20.2 Å². The molecule has 0 spiro atoms. The van der Waals surface area contributed by atoms with Crippen LogP contribution in [0, 0.1) is 0 Å². The molecule has 0 fully saturated rings. The van der Waals surface area contributed by atoms with Gasteiger partial charge in [-0.05, 0) is 31.9 Å². The molecule has 7 heteroatoms. The van der Waals surface area contributed by atoms with E-state index in [2.05, 4.69) is 34.6 Å². The molecular formula is C20H30N4O3. The van der Waals surface area contributed by atoms with E-state index in [1.54, 1.807) is 7.11 Å². The molecular weight excluding hydrogens is 344 g/mol. The van der Waals surface area contributed by atoms with Crippen molar-refractivity contribution in [3.8, 4) is 11.5 Å². The van der Waals surface area contributed by atoms with Crippen LogP contribution in [0.5, 0.6) is 11.5 Å². The zero-order chi connectivity index (χ0) is 19.6. The molecule has 0 bridgehead atoms. The standard InChI is InChI=1S/C20H30N4O3/c1-6-21-20(23-13-16-11-17(14(2)3)24-27-16)22-12-15(4)26-19-10-8-7-9-18(19)25-5/h7-11,14-15H,6,12-13H2,1-5H3,(H2,21,22,23). The Hall–Kier alpha value is -2.70. The molecule has 2 rings (SSSR count). The van der Waals surface area contributed by atoms with Gasteiger partial charge in [-0.3, -0.25) is 0 Å². The van der Waals surface area contributed by atoms with E-state index < -0.39 is 0 Å². The smallest absolute Gasteiger partial charge is 0.191 e. The number of rotatable bonds is 9. The van der Waals surface area contributed by atoms with Gasteiger partial charge in [-0.15, -0.1) is 0 Å². The molecule has 148 valence electrons. The predicted octanol–water partition coefficient (Wildman–Crippen LogP) is 3.33. The van der Waals surface area contributed by atoms with Gasteiger partial charge in [0.2, 0.25) is 0 Å². The summed E-state index contributed by atoms with van der Waals surface area (Å²) in [7, 11) is 1.63. The quantitative estimate of drug-likeness (QED) is 0.518. The second-order valence-corrected chi connectivity index (χ2v) is 6.53. The highest BCUT2D eigenvalue weighted by Gasteiger charge is 2.10. The number of benzene rings is 1. The van der Waals surface area contributed by atoms with Gasteiger partial charge in [0.1, 0.15) is 12.6 Å². The number of aromatic nitrogens is 1. The maximum absolute atomic E-state index is 5.96. The molecule has 1 aromatic heterocycles. The highest BCUT2D eigenvalue weighted by atomic mass is 16.5. The maximum atomic E-state index is 5.96. The fraction of sp³-hybridized carbons (Fsp3) is 0.500. The third kappa shape index (κ3) is 6.51. The van der Waals surface area contributed by atoms with Gasteiger partial charge in [0.25, 0.3) is 0 Å². The Morgan fingerprint density at radius 1 is 1.19 bits per heavy atom. The zero-order valence-electron chi connectivity index (χ0n) is 16.8. The Balaban J connectivity index is 1.90. The van der Waals surface area contributed by atoms with Gasteiger partial charge in [-0.25, -0.2) is 4.99 Å². The Kier molecular flexibility index (Phi) is 7.98. The molecule has 1 unspecified atom stereocenters. The zero-order valence-corrected chi connectivity index (χ0v) is 16.8. The van der Waals surface area contributed by atoms with Crippen LogP contribution in [0.25, 0.3) is 0 Å². The summed E-state index contributed by atoms with van der Waals surface area (Å²) in [6, 6.07) is 9.56. The largest absolute Gasteiger partial charge is 0.493 e. The lowest BCUT2D eigenvalue weighted by Crippen LogP contribution is -2.41. The van der Waals surface area contributed by atoms with Crippen LogP contribution < -0.4 is 20.1 Å². The van der Waals surface area contributed by atoms with Gasteiger partial charge in [0, 0.05) is 12.6 Å². The first kappa shape index (κ1) is 20.6. The van der Waals surface area contributed by atoms with Gasteiger partial charge in [-0.2, -0.15) is 0 Å². The molecule has 0 aliphatic heterocycles. The van der Waals surface area contributed by atoms with Gasteiger partial charge >= 0.3 is 0 Å². The van der Waals surface area contributed by atoms with E-state index in [4.69, 9.17) is 14.0 Å². The number of guanidine groups is 1. The normalized spacial score (nSPS) is 12.7. The van der Waals surface area contributed by atoms with Crippen molar-refractivity contribution >= 4 is 5.96 Å². The first-order valence-corrected chi connectivity index (χ1v) is 9.30. The summed E-state index contributed by atoms with van der Waals surface area (Å²) in [6.45, 7) is 9.97. The number of hydrogen-bond acceptors (Lipinski definition) is 5. The van der Waals surface area contributed by atoms with E-state index in [0.29, 0.717) is 25.0 Å². The Morgan fingerprint density at radius 3 is 2.56 bits per heavy atom. The van der Waals surface area contributed by atoms with Crippen molar-refractivity contribution < 1.29 is 14.0 Å². The van der Waals surface area contributed by atoms with Crippen LogP contribution in [-0.4, -0.2) is 37.4 Å². The van der Waals surface area contributed by atoms with E-state index >= 15 is 0 Å². The van der Waals surface area contributed by atoms with Crippen molar-refractivity contribution in [3.63, 3.8) is 0 Å². The van der Waals surface area contributed by atoms with Crippen LogP contribution in [0.1, 0.15) is 45.1 Å². The van der Waals surface area contributed by atoms with Crippen molar-refractivity contribution in [1.82, 2.24) is 15.8 Å². The number of nitrogens with zero attached hydrogens (tertiary/aromatic N) is 2. The molecule has 0 saturated carbocycles. The summed E-state index contributed by atoms with van der Waals surface area (Å²) in [5.74, 6) is 3.23. The van der Waals surface area contributed by atoms with Crippen molar-refractivity contribution in [3.05, 3.63) is 41.8 Å². The average Bonchev–Trinajstić information content (AvgIpc) is 3.14. The lowest BCUT2D eigenvalue weighted by molar-refractivity contribution is 0.213. The summed E-state index contributed by atoms with van der Waals surface area (Å²) in [6.07, 6.45) is -0.0667. The SMILES string of the molecule is CCNC(=NCc1cc(C(C)C)no1)NCC(C)Oc1ccccc1OC. The van der Waals surface area contributed by atoms with E-state index in [1.165, 1.54) is 0 Å². The molecule has 7 nitrogen and oxygen atoms in total. The van der Waals surface area contributed by atoms with Crippen LogP contribution in [0.15, 0.2) is 39.8 Å². The van der Waals surface area contributed by atoms with Crippen LogP contribution in [0.2, 0.25) is 0 Å². The topological polar surface area (TPSA) is 80.9 Å². The minimum Gasteiger partial charge on any atom is -0.493 e. The number of para-hydroxylation sites is 2. The third-order valence-electron chi connectivity index (χ3n) is 3.86. The Labute approximate surface area is 161 Å². The Morgan fingerprint density at radius 2 is 1.93 bits per heavy atom. The molecule has 1 aromatic carbocycles. The van der Waals surface area contributed by atoms with Gasteiger partial charge in [-0.1, -0.05) is 31.1 Å².